The number of nitrogens with zero attached hydrogens (tertiary/aromatic N) is 2. The first-order chi connectivity index (χ1) is 15.4. The first-order valence-corrected chi connectivity index (χ1v) is 10.7. The number of ether oxygens (including phenoxy) is 1. The topological polar surface area (TPSA) is 84.7 Å². The highest BCUT2D eigenvalue weighted by Crippen LogP contribution is 2.31. The summed E-state index contributed by atoms with van der Waals surface area (Å²) in [7, 11) is 1.42. The van der Waals surface area contributed by atoms with E-state index in [-0.39, 0.29) is 24.0 Å². The van der Waals surface area contributed by atoms with Crippen molar-refractivity contribution < 1.29 is 18.7 Å². The van der Waals surface area contributed by atoms with Crippen LogP contribution in [0, 0.1) is 12.7 Å². The van der Waals surface area contributed by atoms with Crippen LogP contribution in [0.3, 0.4) is 0 Å². The summed E-state index contributed by atoms with van der Waals surface area (Å²) in [5.74, 6) is -0.389. The summed E-state index contributed by atoms with van der Waals surface area (Å²) in [6.45, 7) is 2.34. The number of carbonyl (C=O) groups is 2. The van der Waals surface area contributed by atoms with E-state index in [4.69, 9.17) is 4.74 Å². The van der Waals surface area contributed by atoms with Crippen molar-refractivity contribution in [3.8, 4) is 5.75 Å². The van der Waals surface area contributed by atoms with E-state index in [2.05, 4.69) is 15.6 Å². The lowest BCUT2D eigenvalue weighted by atomic mass is 9.85. The van der Waals surface area contributed by atoms with Crippen LogP contribution in [0.4, 0.5) is 4.39 Å². The number of carbonyl (C=O) groups excluding carboxylic acids is 2. The van der Waals surface area contributed by atoms with Gasteiger partial charge in [-0.2, -0.15) is 0 Å². The minimum absolute atomic E-state index is 0.0282. The first kappa shape index (κ1) is 21.8. The van der Waals surface area contributed by atoms with Gasteiger partial charge >= 0.3 is 0 Å². The molecule has 2 N–H and O–H groups in total. The molecule has 1 aliphatic rings. The Morgan fingerprint density at radius 3 is 2.91 bits per heavy atom. The predicted octanol–water partition coefficient (Wildman–Crippen LogP) is 3.08. The van der Waals surface area contributed by atoms with Gasteiger partial charge in [-0.05, 0) is 56.0 Å². The molecule has 0 aliphatic carbocycles. The summed E-state index contributed by atoms with van der Waals surface area (Å²) < 4.78 is 20.8. The molecule has 1 saturated heterocycles. The van der Waals surface area contributed by atoms with E-state index in [1.807, 2.05) is 35.7 Å². The fraction of sp³-hybridized carbons (Fsp3) is 0.375. The van der Waals surface area contributed by atoms with Crippen molar-refractivity contribution in [2.45, 2.75) is 51.1 Å². The number of benzene rings is 1. The first-order valence-electron chi connectivity index (χ1n) is 10.7. The Morgan fingerprint density at radius 1 is 1.34 bits per heavy atom. The number of halogens is 1. The lowest BCUT2D eigenvalue weighted by Gasteiger charge is -2.29. The van der Waals surface area contributed by atoms with E-state index in [0.29, 0.717) is 32.2 Å². The van der Waals surface area contributed by atoms with Gasteiger partial charge < -0.3 is 19.8 Å². The molecule has 0 saturated carbocycles. The van der Waals surface area contributed by atoms with E-state index < -0.39 is 11.4 Å². The van der Waals surface area contributed by atoms with Crippen LogP contribution in [-0.4, -0.2) is 33.8 Å². The zero-order chi connectivity index (χ0) is 22.7. The van der Waals surface area contributed by atoms with Crippen LogP contribution in [0.15, 0.2) is 42.6 Å². The van der Waals surface area contributed by atoms with Gasteiger partial charge in [-0.3, -0.25) is 9.59 Å². The average Bonchev–Trinajstić information content (AvgIpc) is 3.36. The quantitative estimate of drug-likeness (QED) is 0.566. The van der Waals surface area contributed by atoms with Gasteiger partial charge in [0.05, 0.1) is 19.3 Å². The van der Waals surface area contributed by atoms with E-state index in [0.717, 1.165) is 22.6 Å². The number of rotatable bonds is 8. The number of hydrogen-bond acceptors (Lipinski definition) is 4. The van der Waals surface area contributed by atoms with Crippen molar-refractivity contribution >= 4 is 17.5 Å². The van der Waals surface area contributed by atoms with Crippen molar-refractivity contribution in [1.29, 1.82) is 0 Å². The van der Waals surface area contributed by atoms with E-state index >= 15 is 0 Å². The lowest BCUT2D eigenvalue weighted by Crippen LogP contribution is -2.44. The van der Waals surface area contributed by atoms with Gasteiger partial charge in [0.15, 0.2) is 11.6 Å². The molecule has 7 nitrogen and oxygen atoms in total. The Morgan fingerprint density at radius 2 is 2.19 bits per heavy atom. The van der Waals surface area contributed by atoms with E-state index in [1.165, 1.54) is 13.2 Å². The number of fused-ring (bicyclic) bond motifs is 1. The molecule has 1 aliphatic heterocycles. The molecule has 8 heteroatoms. The second kappa shape index (κ2) is 8.98. The Hall–Kier alpha value is -3.42. The van der Waals surface area contributed by atoms with Crippen LogP contribution in [0.2, 0.25) is 0 Å². The standard InChI is InChI=1S/C24H27FN4O3/c1-16-4-3-5-21-27-18(15-29(16)21)14-26-22(30)8-10-24(11-9-23(31)28-24)13-17-6-7-19(25)20(12-17)32-2/h3-7,12,15H,8-11,13-14H2,1-2H3,(H,26,30)(H,28,31)/t24-/m1/s1. The lowest BCUT2D eigenvalue weighted by molar-refractivity contribution is -0.122. The SMILES string of the molecule is COc1cc(C[C@@]2(CCC(=O)NCc3cn4c(C)cccc4n3)CCC(=O)N2)ccc1F. The largest absolute Gasteiger partial charge is 0.494 e. The molecule has 2 amide bonds. The van der Waals surface area contributed by atoms with Gasteiger partial charge in [0, 0.05) is 30.3 Å². The highest BCUT2D eigenvalue weighted by Gasteiger charge is 2.38. The number of pyridine rings is 1. The zero-order valence-corrected chi connectivity index (χ0v) is 18.3. The van der Waals surface area contributed by atoms with Crippen molar-refractivity contribution in [1.82, 2.24) is 20.0 Å². The molecule has 4 rings (SSSR count). The number of imidazole rings is 1. The Kier molecular flexibility index (Phi) is 6.12. The molecule has 1 fully saturated rings. The van der Waals surface area contributed by atoms with Gasteiger partial charge in [0.25, 0.3) is 0 Å². The van der Waals surface area contributed by atoms with Crippen LogP contribution < -0.4 is 15.4 Å². The van der Waals surface area contributed by atoms with Crippen molar-refractivity contribution in [2.24, 2.45) is 0 Å². The summed E-state index contributed by atoms with van der Waals surface area (Å²) in [4.78, 5) is 29.1. The van der Waals surface area contributed by atoms with Crippen LogP contribution in [0.25, 0.3) is 5.65 Å². The highest BCUT2D eigenvalue weighted by atomic mass is 19.1. The molecule has 0 bridgehead atoms. The van der Waals surface area contributed by atoms with Gasteiger partial charge in [0.2, 0.25) is 11.8 Å². The molecule has 0 radical (unpaired) electrons. The molecular formula is C24H27FN4O3. The minimum atomic E-state index is -0.530. The predicted molar refractivity (Wildman–Crippen MR) is 118 cm³/mol. The maximum Gasteiger partial charge on any atom is 0.220 e. The summed E-state index contributed by atoms with van der Waals surface area (Å²) in [6.07, 6.45) is 4.24. The molecule has 3 aromatic rings. The fourth-order valence-electron chi connectivity index (χ4n) is 4.30. The van der Waals surface area contributed by atoms with Gasteiger partial charge in [-0.25, -0.2) is 9.37 Å². The molecule has 1 atom stereocenters. The fourth-order valence-corrected chi connectivity index (χ4v) is 4.30. The van der Waals surface area contributed by atoms with E-state index in [9.17, 15) is 14.0 Å². The third-order valence-electron chi connectivity index (χ3n) is 6.04. The number of hydrogen-bond donors (Lipinski definition) is 2. The highest BCUT2D eigenvalue weighted by molar-refractivity contribution is 5.80. The second-order valence-corrected chi connectivity index (χ2v) is 8.38. The number of aryl methyl sites for hydroxylation is 1. The third-order valence-corrected chi connectivity index (χ3v) is 6.04. The Labute approximate surface area is 186 Å². The van der Waals surface area contributed by atoms with Crippen LogP contribution in [0.5, 0.6) is 5.75 Å². The van der Waals surface area contributed by atoms with Gasteiger partial charge in [-0.15, -0.1) is 0 Å². The number of aromatic nitrogens is 2. The normalized spacial score (nSPS) is 18.0. The van der Waals surface area contributed by atoms with Crippen molar-refractivity contribution in [3.05, 3.63) is 65.4 Å². The molecular weight excluding hydrogens is 411 g/mol. The van der Waals surface area contributed by atoms with Crippen molar-refractivity contribution in [3.63, 3.8) is 0 Å². The summed E-state index contributed by atoms with van der Waals surface area (Å²) in [5, 5.41) is 5.98. The summed E-state index contributed by atoms with van der Waals surface area (Å²) >= 11 is 0. The molecule has 1 aromatic carbocycles. The van der Waals surface area contributed by atoms with Crippen LogP contribution >= 0.6 is 0 Å². The molecule has 32 heavy (non-hydrogen) atoms. The second-order valence-electron chi connectivity index (χ2n) is 8.38. The minimum Gasteiger partial charge on any atom is -0.494 e. The molecule has 3 heterocycles. The average molecular weight is 439 g/mol. The molecule has 168 valence electrons. The number of methoxy groups -OCH3 is 1. The summed E-state index contributed by atoms with van der Waals surface area (Å²) in [5.41, 5.74) is 3.03. The van der Waals surface area contributed by atoms with Crippen LogP contribution in [-0.2, 0) is 22.6 Å². The monoisotopic (exact) mass is 438 g/mol. The van der Waals surface area contributed by atoms with Crippen molar-refractivity contribution in [2.75, 3.05) is 7.11 Å². The number of nitrogens with one attached hydrogen (secondary N) is 2. The number of amides is 2. The van der Waals surface area contributed by atoms with E-state index in [1.54, 1.807) is 12.1 Å². The smallest absolute Gasteiger partial charge is 0.220 e. The Balaban J connectivity index is 1.38. The maximum absolute atomic E-state index is 13.8. The van der Waals surface area contributed by atoms with Gasteiger partial charge in [-0.1, -0.05) is 12.1 Å². The molecule has 0 spiro atoms. The maximum atomic E-state index is 13.8. The van der Waals surface area contributed by atoms with Gasteiger partial charge in [0.1, 0.15) is 5.65 Å². The third kappa shape index (κ3) is 4.74. The molecule has 0 unspecified atom stereocenters. The van der Waals surface area contributed by atoms with Crippen LogP contribution in [0.1, 0.15) is 42.6 Å². The summed E-state index contributed by atoms with van der Waals surface area (Å²) in [6, 6.07) is 10.6. The Bertz CT molecular complexity index is 1160. The zero-order valence-electron chi connectivity index (χ0n) is 18.3. The molecule has 2 aromatic heterocycles.